The van der Waals surface area contributed by atoms with Gasteiger partial charge in [0.15, 0.2) is 11.6 Å². The Hall–Kier alpha value is -2.90. The van der Waals surface area contributed by atoms with Crippen molar-refractivity contribution in [3.8, 4) is 11.4 Å². The smallest absolute Gasteiger partial charge is 0.342 e. The zero-order valence-electron chi connectivity index (χ0n) is 10.9. The summed E-state index contributed by atoms with van der Waals surface area (Å²) in [6.45, 7) is 1.97. The van der Waals surface area contributed by atoms with Gasteiger partial charge in [-0.2, -0.15) is 0 Å². The number of carbonyl (C=O) groups is 1. The molecule has 0 fully saturated rings. The zero-order chi connectivity index (χ0) is 15.6. The number of aromatic nitrogens is 2. The van der Waals surface area contributed by atoms with Crippen LogP contribution in [0.4, 0.5) is 4.39 Å². The topological polar surface area (TPSA) is 101 Å². The van der Waals surface area contributed by atoms with Gasteiger partial charge < -0.3 is 9.84 Å². The SMILES string of the molecule is CCOc1ccc(-n2cc(C(=O)O)c(=O)[nH]c2=O)cc1F. The number of nitrogens with zero attached hydrogens (tertiary/aromatic N) is 1. The number of rotatable bonds is 4. The molecule has 7 nitrogen and oxygen atoms in total. The molecule has 0 radical (unpaired) electrons. The molecule has 0 saturated heterocycles. The van der Waals surface area contributed by atoms with Crippen LogP contribution < -0.4 is 16.0 Å². The van der Waals surface area contributed by atoms with E-state index in [0.717, 1.165) is 16.8 Å². The Morgan fingerprint density at radius 3 is 2.71 bits per heavy atom. The van der Waals surface area contributed by atoms with E-state index in [1.807, 2.05) is 4.98 Å². The highest BCUT2D eigenvalue weighted by Gasteiger charge is 2.13. The van der Waals surface area contributed by atoms with Crippen LogP contribution in [0.2, 0.25) is 0 Å². The molecule has 8 heteroatoms. The molecule has 21 heavy (non-hydrogen) atoms. The Morgan fingerprint density at radius 1 is 1.43 bits per heavy atom. The van der Waals surface area contributed by atoms with Gasteiger partial charge in [0, 0.05) is 12.3 Å². The molecule has 2 N–H and O–H groups in total. The molecule has 110 valence electrons. The first-order chi connectivity index (χ1) is 9.93. The van der Waals surface area contributed by atoms with E-state index in [1.165, 1.54) is 12.1 Å². The van der Waals surface area contributed by atoms with E-state index < -0.39 is 28.6 Å². The minimum Gasteiger partial charge on any atom is -0.491 e. The van der Waals surface area contributed by atoms with Crippen LogP contribution in [0.15, 0.2) is 34.0 Å². The molecule has 0 bridgehead atoms. The van der Waals surface area contributed by atoms with Crippen LogP contribution in [0.5, 0.6) is 5.75 Å². The fraction of sp³-hybridized carbons (Fsp3) is 0.154. The van der Waals surface area contributed by atoms with Crippen molar-refractivity contribution in [1.29, 1.82) is 0 Å². The molecule has 0 unspecified atom stereocenters. The van der Waals surface area contributed by atoms with Crippen molar-refractivity contribution in [1.82, 2.24) is 9.55 Å². The molecule has 1 heterocycles. The highest BCUT2D eigenvalue weighted by atomic mass is 19.1. The first kappa shape index (κ1) is 14.5. The number of hydrogen-bond acceptors (Lipinski definition) is 4. The molecule has 0 spiro atoms. The third kappa shape index (κ3) is 2.83. The maximum atomic E-state index is 13.8. The van der Waals surface area contributed by atoms with E-state index in [-0.39, 0.29) is 18.0 Å². The lowest BCUT2D eigenvalue weighted by Crippen LogP contribution is -2.32. The lowest BCUT2D eigenvalue weighted by molar-refractivity contribution is 0.0694. The van der Waals surface area contributed by atoms with Crippen molar-refractivity contribution in [2.24, 2.45) is 0 Å². The van der Waals surface area contributed by atoms with Gasteiger partial charge >= 0.3 is 11.7 Å². The molecular formula is C13H11FN2O5. The standard InChI is InChI=1S/C13H11FN2O5/c1-2-21-10-4-3-7(5-9(10)14)16-6-8(12(18)19)11(17)15-13(16)20/h3-6H,2H2,1H3,(H,18,19)(H,15,17,20). The first-order valence-corrected chi connectivity index (χ1v) is 5.96. The van der Waals surface area contributed by atoms with Crippen molar-refractivity contribution >= 4 is 5.97 Å². The average Bonchev–Trinajstić information content (AvgIpc) is 2.41. The second-order valence-electron chi connectivity index (χ2n) is 4.02. The third-order valence-electron chi connectivity index (χ3n) is 2.67. The van der Waals surface area contributed by atoms with Gasteiger partial charge in [-0.25, -0.2) is 14.0 Å². The molecule has 2 rings (SSSR count). The lowest BCUT2D eigenvalue weighted by Gasteiger charge is -2.09. The summed E-state index contributed by atoms with van der Waals surface area (Å²) < 4.78 is 19.6. The highest BCUT2D eigenvalue weighted by molar-refractivity contribution is 5.86. The largest absolute Gasteiger partial charge is 0.491 e. The monoisotopic (exact) mass is 294 g/mol. The maximum Gasteiger partial charge on any atom is 0.342 e. The van der Waals surface area contributed by atoms with Crippen molar-refractivity contribution in [3.05, 3.63) is 56.6 Å². The van der Waals surface area contributed by atoms with Crippen LogP contribution in [0.1, 0.15) is 17.3 Å². The number of ether oxygens (including phenoxy) is 1. The fourth-order valence-corrected chi connectivity index (χ4v) is 1.73. The van der Waals surface area contributed by atoms with Crippen molar-refractivity contribution in [2.75, 3.05) is 6.61 Å². The van der Waals surface area contributed by atoms with Crippen LogP contribution in [0.25, 0.3) is 5.69 Å². The van der Waals surface area contributed by atoms with Gasteiger partial charge in [-0.05, 0) is 19.1 Å². The molecule has 2 aromatic rings. The van der Waals surface area contributed by atoms with Crippen molar-refractivity contribution in [3.63, 3.8) is 0 Å². The average molecular weight is 294 g/mol. The van der Waals surface area contributed by atoms with Crippen LogP contribution >= 0.6 is 0 Å². The molecule has 0 aliphatic heterocycles. The van der Waals surface area contributed by atoms with E-state index in [4.69, 9.17) is 9.84 Å². The summed E-state index contributed by atoms with van der Waals surface area (Å²) in [5.41, 5.74) is -2.44. The Kier molecular flexibility index (Phi) is 3.88. The maximum absolute atomic E-state index is 13.8. The van der Waals surface area contributed by atoms with Gasteiger partial charge in [0.25, 0.3) is 5.56 Å². The Labute approximate surface area is 117 Å². The summed E-state index contributed by atoms with van der Waals surface area (Å²) in [5, 5.41) is 8.87. The number of carboxylic acid groups (broad SMARTS) is 1. The van der Waals surface area contributed by atoms with E-state index in [1.54, 1.807) is 6.92 Å². The minimum atomic E-state index is -1.49. The molecular weight excluding hydrogens is 283 g/mol. The van der Waals surface area contributed by atoms with Crippen LogP contribution in [-0.2, 0) is 0 Å². The summed E-state index contributed by atoms with van der Waals surface area (Å²) in [5.74, 6) is -2.18. The molecule has 0 atom stereocenters. The predicted octanol–water partition coefficient (Wildman–Crippen LogP) is 0.762. The Balaban J connectivity index is 2.59. The number of aromatic amines is 1. The van der Waals surface area contributed by atoms with Gasteiger partial charge in [-0.3, -0.25) is 14.3 Å². The third-order valence-corrected chi connectivity index (χ3v) is 2.67. The Morgan fingerprint density at radius 2 is 2.14 bits per heavy atom. The summed E-state index contributed by atoms with van der Waals surface area (Å²) >= 11 is 0. The second kappa shape index (κ2) is 5.61. The van der Waals surface area contributed by atoms with E-state index in [0.29, 0.717) is 0 Å². The summed E-state index contributed by atoms with van der Waals surface area (Å²) in [6, 6.07) is 3.70. The minimum absolute atomic E-state index is 0.0113. The van der Waals surface area contributed by atoms with Gasteiger partial charge in [0.1, 0.15) is 5.56 Å². The number of nitrogens with one attached hydrogen (secondary N) is 1. The van der Waals surface area contributed by atoms with Gasteiger partial charge in [-0.15, -0.1) is 0 Å². The summed E-state index contributed by atoms with van der Waals surface area (Å²) in [6.07, 6.45) is 0.846. The van der Waals surface area contributed by atoms with Crippen LogP contribution in [0, 0.1) is 5.82 Å². The predicted molar refractivity (Wildman–Crippen MR) is 70.7 cm³/mol. The molecule has 0 aliphatic rings. The number of benzene rings is 1. The summed E-state index contributed by atoms with van der Waals surface area (Å²) in [7, 11) is 0. The van der Waals surface area contributed by atoms with Gasteiger partial charge in [0.05, 0.1) is 12.3 Å². The lowest BCUT2D eigenvalue weighted by atomic mass is 10.2. The number of hydrogen-bond donors (Lipinski definition) is 2. The molecule has 0 aliphatic carbocycles. The van der Waals surface area contributed by atoms with Gasteiger partial charge in [-0.1, -0.05) is 0 Å². The van der Waals surface area contributed by atoms with E-state index in [2.05, 4.69) is 0 Å². The van der Waals surface area contributed by atoms with Crippen molar-refractivity contribution < 1.29 is 19.0 Å². The van der Waals surface area contributed by atoms with Crippen LogP contribution in [0.3, 0.4) is 0 Å². The van der Waals surface area contributed by atoms with Crippen molar-refractivity contribution in [2.45, 2.75) is 6.92 Å². The molecule has 0 saturated carbocycles. The van der Waals surface area contributed by atoms with Crippen LogP contribution in [-0.4, -0.2) is 27.2 Å². The number of aromatic carboxylic acids is 1. The second-order valence-corrected chi connectivity index (χ2v) is 4.02. The highest BCUT2D eigenvalue weighted by Crippen LogP contribution is 2.19. The number of carboxylic acids is 1. The molecule has 1 aromatic heterocycles. The number of H-pyrrole nitrogens is 1. The number of halogens is 1. The van der Waals surface area contributed by atoms with E-state index in [9.17, 15) is 18.8 Å². The summed E-state index contributed by atoms with van der Waals surface area (Å²) in [4.78, 5) is 35.8. The van der Waals surface area contributed by atoms with E-state index >= 15 is 0 Å². The zero-order valence-corrected chi connectivity index (χ0v) is 10.9. The van der Waals surface area contributed by atoms with Gasteiger partial charge in [0.2, 0.25) is 0 Å². The quantitative estimate of drug-likeness (QED) is 0.867. The Bertz CT molecular complexity index is 809. The first-order valence-electron chi connectivity index (χ1n) is 5.96. The molecule has 0 amide bonds. The molecule has 1 aromatic carbocycles. The fourth-order valence-electron chi connectivity index (χ4n) is 1.73. The normalized spacial score (nSPS) is 10.4.